The Hall–Kier alpha value is -2.44. The fraction of sp³-hybridized carbons (Fsp3) is 0.133. The smallest absolute Gasteiger partial charge is 0.335 e. The molecule has 0 aliphatic carbocycles. The molecule has 1 fully saturated rings. The molecule has 1 aliphatic heterocycles. The Morgan fingerprint density at radius 1 is 1.29 bits per heavy atom. The summed E-state index contributed by atoms with van der Waals surface area (Å²) in [7, 11) is 0. The Morgan fingerprint density at radius 3 is 2.86 bits per heavy atom. The summed E-state index contributed by atoms with van der Waals surface area (Å²) in [5.41, 5.74) is 1.18. The number of nitrogens with one attached hydrogen (secondary N) is 1. The number of halogens is 1. The fourth-order valence-electron chi connectivity index (χ4n) is 2.17. The first-order valence-corrected chi connectivity index (χ1v) is 6.40. The highest BCUT2D eigenvalue weighted by Crippen LogP contribution is 2.27. The van der Waals surface area contributed by atoms with Crippen molar-refractivity contribution in [1.82, 2.24) is 5.32 Å². The van der Waals surface area contributed by atoms with Crippen molar-refractivity contribution in [1.29, 1.82) is 0 Å². The lowest BCUT2D eigenvalue weighted by molar-refractivity contribution is 0.0695. The van der Waals surface area contributed by atoms with E-state index in [2.05, 4.69) is 5.32 Å². The van der Waals surface area contributed by atoms with Gasteiger partial charge in [-0.25, -0.2) is 19.1 Å². The molecule has 6 heteroatoms. The molecule has 108 valence electrons. The van der Waals surface area contributed by atoms with Gasteiger partial charge < -0.3 is 5.11 Å². The number of hydrogen-bond donors (Lipinski definition) is 2. The summed E-state index contributed by atoms with van der Waals surface area (Å²) in [5.74, 6) is -1.36. The van der Waals surface area contributed by atoms with Crippen LogP contribution in [0.25, 0.3) is 0 Å². The van der Waals surface area contributed by atoms with Gasteiger partial charge in [-0.3, -0.25) is 5.32 Å². The van der Waals surface area contributed by atoms with Crippen molar-refractivity contribution in [3.05, 3.63) is 65.5 Å². The summed E-state index contributed by atoms with van der Waals surface area (Å²) in [4.78, 5) is 16.6. The van der Waals surface area contributed by atoms with E-state index in [9.17, 15) is 9.18 Å². The van der Waals surface area contributed by atoms with Gasteiger partial charge in [-0.15, -0.1) is 0 Å². The third-order valence-electron chi connectivity index (χ3n) is 3.22. The first-order valence-electron chi connectivity index (χ1n) is 6.40. The Morgan fingerprint density at radius 2 is 2.10 bits per heavy atom. The summed E-state index contributed by atoms with van der Waals surface area (Å²) in [6.07, 6.45) is -0.598. The Balaban J connectivity index is 1.80. The lowest BCUT2D eigenvalue weighted by Gasteiger charge is -2.17. The Kier molecular flexibility index (Phi) is 3.55. The van der Waals surface area contributed by atoms with Crippen LogP contribution in [-0.2, 0) is 4.84 Å². The molecular weight excluding hydrogens is 275 g/mol. The maximum Gasteiger partial charge on any atom is 0.335 e. The lowest BCUT2D eigenvalue weighted by Crippen LogP contribution is -2.20. The van der Waals surface area contributed by atoms with Crippen LogP contribution in [0, 0.1) is 5.82 Å². The molecule has 21 heavy (non-hydrogen) atoms. The minimum Gasteiger partial charge on any atom is -0.478 e. The van der Waals surface area contributed by atoms with Crippen molar-refractivity contribution in [2.45, 2.75) is 6.23 Å². The number of carboxylic acids is 1. The van der Waals surface area contributed by atoms with Crippen molar-refractivity contribution in [3.8, 4) is 0 Å². The molecular formula is C15H13FN2O3. The largest absolute Gasteiger partial charge is 0.478 e. The topological polar surface area (TPSA) is 61.8 Å². The Labute approximate surface area is 120 Å². The van der Waals surface area contributed by atoms with E-state index in [0.717, 1.165) is 0 Å². The number of aromatic carboxylic acids is 1. The summed E-state index contributed by atoms with van der Waals surface area (Å²) in [5, 5.41) is 13.5. The number of hydrogen-bond acceptors (Lipinski definition) is 4. The molecule has 3 rings (SSSR count). The van der Waals surface area contributed by atoms with Crippen molar-refractivity contribution < 1.29 is 19.1 Å². The van der Waals surface area contributed by atoms with Gasteiger partial charge in [-0.05, 0) is 24.3 Å². The van der Waals surface area contributed by atoms with Crippen LogP contribution in [0.3, 0.4) is 0 Å². The number of hydroxylamine groups is 1. The molecule has 1 saturated heterocycles. The first-order chi connectivity index (χ1) is 10.1. The van der Waals surface area contributed by atoms with Crippen LogP contribution >= 0.6 is 0 Å². The van der Waals surface area contributed by atoms with Crippen molar-refractivity contribution in [2.24, 2.45) is 0 Å². The zero-order valence-corrected chi connectivity index (χ0v) is 11.0. The predicted octanol–water partition coefficient (Wildman–Crippen LogP) is 2.52. The lowest BCUT2D eigenvalue weighted by atomic mass is 10.2. The van der Waals surface area contributed by atoms with E-state index in [1.807, 2.05) is 0 Å². The average Bonchev–Trinajstić information content (AvgIpc) is 2.97. The summed E-state index contributed by atoms with van der Waals surface area (Å²) >= 11 is 0. The van der Waals surface area contributed by atoms with Crippen LogP contribution in [0.2, 0.25) is 0 Å². The normalized spacial score (nSPS) is 18.0. The maximum atomic E-state index is 13.7. The number of anilines is 1. The molecule has 0 aromatic heterocycles. The molecule has 0 bridgehead atoms. The van der Waals surface area contributed by atoms with Crippen LogP contribution in [0.1, 0.15) is 22.1 Å². The number of nitrogens with zero attached hydrogens (tertiary/aromatic N) is 1. The fourth-order valence-corrected chi connectivity index (χ4v) is 2.17. The Bertz CT molecular complexity index is 677. The van der Waals surface area contributed by atoms with E-state index in [0.29, 0.717) is 17.9 Å². The van der Waals surface area contributed by atoms with E-state index in [1.54, 1.807) is 30.3 Å². The molecule has 1 aliphatic rings. The van der Waals surface area contributed by atoms with Crippen LogP contribution in [-0.4, -0.2) is 17.7 Å². The summed E-state index contributed by atoms with van der Waals surface area (Å²) in [6.45, 7) is 0.335. The van der Waals surface area contributed by atoms with Crippen LogP contribution in [0.4, 0.5) is 10.1 Å². The van der Waals surface area contributed by atoms with Gasteiger partial charge in [0.25, 0.3) is 0 Å². The predicted molar refractivity (Wildman–Crippen MR) is 74.1 cm³/mol. The standard InChI is InChI=1S/C15H13FN2O3/c16-13-7-2-1-6-12(13)14-17-9-18(21-14)11-5-3-4-10(8-11)15(19)20/h1-8,14,17H,9H2,(H,19,20). The highest BCUT2D eigenvalue weighted by molar-refractivity contribution is 5.88. The van der Waals surface area contributed by atoms with Gasteiger partial charge >= 0.3 is 5.97 Å². The van der Waals surface area contributed by atoms with Gasteiger partial charge in [-0.1, -0.05) is 24.3 Å². The van der Waals surface area contributed by atoms with E-state index in [-0.39, 0.29) is 11.4 Å². The molecule has 5 nitrogen and oxygen atoms in total. The van der Waals surface area contributed by atoms with Gasteiger partial charge in [0.1, 0.15) is 5.82 Å². The zero-order chi connectivity index (χ0) is 14.8. The minimum absolute atomic E-state index is 0.172. The third-order valence-corrected chi connectivity index (χ3v) is 3.22. The SMILES string of the molecule is O=C(O)c1cccc(N2CNC(c3ccccc3F)O2)c1. The minimum atomic E-state index is -1.00. The van der Waals surface area contributed by atoms with Crippen molar-refractivity contribution >= 4 is 11.7 Å². The molecule has 2 N–H and O–H groups in total. The van der Waals surface area contributed by atoms with Crippen LogP contribution < -0.4 is 10.4 Å². The first kappa shape index (κ1) is 13.5. The van der Waals surface area contributed by atoms with E-state index in [4.69, 9.17) is 9.94 Å². The molecule has 2 aromatic carbocycles. The van der Waals surface area contributed by atoms with Gasteiger partial charge in [0.15, 0.2) is 6.23 Å². The van der Waals surface area contributed by atoms with Crippen molar-refractivity contribution in [3.63, 3.8) is 0 Å². The van der Waals surface area contributed by atoms with Gasteiger partial charge in [-0.2, -0.15) is 0 Å². The summed E-state index contributed by atoms with van der Waals surface area (Å²) in [6, 6.07) is 12.7. The summed E-state index contributed by atoms with van der Waals surface area (Å²) < 4.78 is 13.7. The number of rotatable bonds is 3. The molecule has 0 amide bonds. The average molecular weight is 288 g/mol. The van der Waals surface area contributed by atoms with Gasteiger partial charge in [0.2, 0.25) is 0 Å². The van der Waals surface area contributed by atoms with E-state index < -0.39 is 12.2 Å². The second kappa shape index (κ2) is 5.51. The molecule has 0 spiro atoms. The second-order valence-corrected chi connectivity index (χ2v) is 4.60. The third kappa shape index (κ3) is 2.72. The maximum absolute atomic E-state index is 13.7. The molecule has 0 saturated carbocycles. The number of carbonyl (C=O) groups is 1. The van der Waals surface area contributed by atoms with Crippen LogP contribution in [0.15, 0.2) is 48.5 Å². The molecule has 1 heterocycles. The molecule has 0 radical (unpaired) electrons. The van der Waals surface area contributed by atoms with E-state index >= 15 is 0 Å². The molecule has 2 aromatic rings. The van der Waals surface area contributed by atoms with Gasteiger partial charge in [0, 0.05) is 5.56 Å². The monoisotopic (exact) mass is 288 g/mol. The quantitative estimate of drug-likeness (QED) is 0.908. The second-order valence-electron chi connectivity index (χ2n) is 4.60. The van der Waals surface area contributed by atoms with Crippen molar-refractivity contribution in [2.75, 3.05) is 11.7 Å². The van der Waals surface area contributed by atoms with Crippen LogP contribution in [0.5, 0.6) is 0 Å². The number of benzene rings is 2. The highest BCUT2D eigenvalue weighted by Gasteiger charge is 2.27. The molecule has 1 unspecified atom stereocenters. The van der Waals surface area contributed by atoms with E-state index in [1.165, 1.54) is 23.3 Å². The molecule has 1 atom stereocenters. The van der Waals surface area contributed by atoms with Gasteiger partial charge in [0.05, 0.1) is 17.9 Å². The number of carboxylic acid groups (broad SMARTS) is 1. The zero-order valence-electron chi connectivity index (χ0n) is 11.0. The highest BCUT2D eigenvalue weighted by atomic mass is 19.1.